The lowest BCUT2D eigenvalue weighted by molar-refractivity contribution is -0.115. The second-order valence-corrected chi connectivity index (χ2v) is 8.83. The van der Waals surface area contributed by atoms with Crippen LogP contribution in [0.1, 0.15) is 20.8 Å². The highest BCUT2D eigenvalue weighted by atomic mass is 32.2. The minimum absolute atomic E-state index is 0.109. The molecule has 0 bridgehead atoms. The molecule has 0 spiro atoms. The van der Waals surface area contributed by atoms with Gasteiger partial charge in [0.15, 0.2) is 16.1 Å². The molecule has 0 radical (unpaired) electrons. The lowest BCUT2D eigenvalue weighted by atomic mass is 10.2. The molecule has 1 amide bonds. The number of benzene rings is 1. The Morgan fingerprint density at radius 1 is 1.32 bits per heavy atom. The molecule has 0 aliphatic rings. The van der Waals surface area contributed by atoms with Gasteiger partial charge < -0.3 is 14.6 Å². The van der Waals surface area contributed by atoms with Gasteiger partial charge in [0.05, 0.1) is 12.4 Å². The summed E-state index contributed by atoms with van der Waals surface area (Å²) in [6, 6.07) is 7.75. The van der Waals surface area contributed by atoms with E-state index in [1.807, 2.05) is 36.6 Å². The summed E-state index contributed by atoms with van der Waals surface area (Å²) in [5.41, 5.74) is 0.930. The van der Waals surface area contributed by atoms with Crippen molar-refractivity contribution in [2.75, 3.05) is 12.4 Å². The smallest absolute Gasteiger partial charge is 0.239 e. The van der Waals surface area contributed by atoms with Crippen molar-refractivity contribution in [1.29, 1.82) is 0 Å². The summed E-state index contributed by atoms with van der Waals surface area (Å²) >= 11 is 2.78. The number of thioether (sulfide) groups is 1. The number of carbonyl (C=O) groups excluding carboxylic acids is 1. The van der Waals surface area contributed by atoms with E-state index >= 15 is 0 Å². The Bertz CT molecular complexity index is 924. The Hall–Kier alpha value is -2.39. The molecule has 0 saturated carbocycles. The predicted octanol–water partition coefficient (Wildman–Crippen LogP) is 4.19. The first-order valence-corrected chi connectivity index (χ1v) is 10.7. The van der Waals surface area contributed by atoms with E-state index < -0.39 is 0 Å². The zero-order chi connectivity index (χ0) is 20.1. The van der Waals surface area contributed by atoms with Crippen LogP contribution in [0.2, 0.25) is 0 Å². The molecule has 1 unspecified atom stereocenters. The minimum atomic E-state index is -0.336. The van der Waals surface area contributed by atoms with Crippen LogP contribution in [0.3, 0.4) is 0 Å². The molecule has 3 rings (SSSR count). The molecule has 7 nitrogen and oxygen atoms in total. The third-order valence-electron chi connectivity index (χ3n) is 3.91. The van der Waals surface area contributed by atoms with Crippen LogP contribution >= 0.6 is 23.1 Å². The van der Waals surface area contributed by atoms with Gasteiger partial charge in [-0.1, -0.05) is 37.7 Å². The van der Waals surface area contributed by atoms with Crippen molar-refractivity contribution in [2.24, 2.45) is 5.92 Å². The molecular formula is C19H23N5O2S2. The molecular weight excluding hydrogens is 394 g/mol. The molecule has 2 aromatic heterocycles. The Labute approximate surface area is 172 Å². The highest BCUT2D eigenvalue weighted by Crippen LogP contribution is 2.29. The molecule has 0 aliphatic carbocycles. The maximum absolute atomic E-state index is 12.5. The maximum atomic E-state index is 12.5. The van der Waals surface area contributed by atoms with Crippen LogP contribution in [0.4, 0.5) is 5.13 Å². The second kappa shape index (κ2) is 9.20. The summed E-state index contributed by atoms with van der Waals surface area (Å²) in [5, 5.41) is 14.4. The number of anilines is 1. The predicted molar refractivity (Wildman–Crippen MR) is 113 cm³/mol. The number of nitrogens with zero attached hydrogens (tertiary/aromatic N) is 4. The van der Waals surface area contributed by atoms with Gasteiger partial charge in [0, 0.05) is 23.7 Å². The number of ether oxygens (including phenoxy) is 1. The van der Waals surface area contributed by atoms with Gasteiger partial charge in [0.25, 0.3) is 0 Å². The summed E-state index contributed by atoms with van der Waals surface area (Å²) in [7, 11) is 1.64. The Balaban J connectivity index is 1.84. The first kappa shape index (κ1) is 20.3. The van der Waals surface area contributed by atoms with Crippen molar-refractivity contribution in [3.05, 3.63) is 35.8 Å². The van der Waals surface area contributed by atoms with Gasteiger partial charge in [0.1, 0.15) is 5.75 Å². The standard InChI is InChI=1S/C19H23N5O2S2/c1-12(2)11-24-16(14-6-5-7-15(10-14)26-4)22-23-19(24)28-13(3)17(25)21-18-20-8-9-27-18/h5-10,12-13H,11H2,1-4H3,(H,20,21,25). The third-order valence-corrected chi connectivity index (χ3v) is 5.68. The number of amides is 1. The average Bonchev–Trinajstić information content (AvgIpc) is 3.32. The van der Waals surface area contributed by atoms with E-state index in [0.717, 1.165) is 23.7 Å². The van der Waals surface area contributed by atoms with Crippen LogP contribution in [0.15, 0.2) is 41.0 Å². The van der Waals surface area contributed by atoms with Crippen LogP contribution < -0.4 is 10.1 Å². The summed E-state index contributed by atoms with van der Waals surface area (Å²) in [6.07, 6.45) is 1.66. The summed E-state index contributed by atoms with van der Waals surface area (Å²) in [4.78, 5) is 16.6. The van der Waals surface area contributed by atoms with Gasteiger partial charge in [-0.3, -0.25) is 4.79 Å². The lowest BCUT2D eigenvalue weighted by Crippen LogP contribution is -2.23. The number of carbonyl (C=O) groups is 1. The molecule has 0 saturated heterocycles. The van der Waals surface area contributed by atoms with E-state index in [-0.39, 0.29) is 11.2 Å². The van der Waals surface area contributed by atoms with E-state index in [9.17, 15) is 4.79 Å². The maximum Gasteiger partial charge on any atom is 0.239 e. The molecule has 1 aromatic carbocycles. The topological polar surface area (TPSA) is 81.9 Å². The van der Waals surface area contributed by atoms with Crippen molar-refractivity contribution in [1.82, 2.24) is 19.7 Å². The molecule has 1 atom stereocenters. The van der Waals surface area contributed by atoms with Crippen molar-refractivity contribution in [3.63, 3.8) is 0 Å². The number of hydrogen-bond donors (Lipinski definition) is 1. The SMILES string of the molecule is COc1cccc(-c2nnc(SC(C)C(=O)Nc3nccs3)n2CC(C)C)c1. The summed E-state index contributed by atoms with van der Waals surface area (Å²) in [6.45, 7) is 6.89. The van der Waals surface area contributed by atoms with Gasteiger partial charge in [-0.15, -0.1) is 21.5 Å². The largest absolute Gasteiger partial charge is 0.497 e. The fourth-order valence-electron chi connectivity index (χ4n) is 2.59. The van der Waals surface area contributed by atoms with Gasteiger partial charge in [-0.05, 0) is 25.0 Å². The van der Waals surface area contributed by atoms with Gasteiger partial charge in [0.2, 0.25) is 5.91 Å². The fraction of sp³-hybridized carbons (Fsp3) is 0.368. The highest BCUT2D eigenvalue weighted by Gasteiger charge is 2.22. The molecule has 9 heteroatoms. The number of hydrogen-bond acceptors (Lipinski definition) is 7. The van der Waals surface area contributed by atoms with Crippen LogP contribution in [0.25, 0.3) is 11.4 Å². The van der Waals surface area contributed by atoms with Crippen molar-refractivity contribution in [2.45, 2.75) is 37.7 Å². The molecule has 3 aromatic rings. The number of nitrogens with one attached hydrogen (secondary N) is 1. The quantitative estimate of drug-likeness (QED) is 0.554. The Kier molecular flexibility index (Phi) is 6.69. The van der Waals surface area contributed by atoms with E-state index in [0.29, 0.717) is 16.2 Å². The summed E-state index contributed by atoms with van der Waals surface area (Å²) in [5.74, 6) is 1.82. The zero-order valence-corrected chi connectivity index (χ0v) is 17.9. The zero-order valence-electron chi connectivity index (χ0n) is 16.2. The van der Waals surface area contributed by atoms with Gasteiger partial charge in [-0.25, -0.2) is 4.98 Å². The number of rotatable bonds is 8. The van der Waals surface area contributed by atoms with Crippen molar-refractivity contribution < 1.29 is 9.53 Å². The minimum Gasteiger partial charge on any atom is -0.497 e. The molecule has 0 fully saturated rings. The average molecular weight is 418 g/mol. The Morgan fingerprint density at radius 3 is 2.82 bits per heavy atom. The first-order valence-electron chi connectivity index (χ1n) is 8.92. The molecule has 1 N–H and O–H groups in total. The first-order chi connectivity index (χ1) is 13.5. The van der Waals surface area contributed by atoms with Crippen LogP contribution in [-0.4, -0.2) is 38.0 Å². The third kappa shape index (κ3) is 4.90. The fourth-order valence-corrected chi connectivity index (χ4v) is 3.98. The van der Waals surface area contributed by atoms with Crippen molar-refractivity contribution in [3.8, 4) is 17.1 Å². The lowest BCUT2D eigenvalue weighted by Gasteiger charge is -2.15. The summed E-state index contributed by atoms with van der Waals surface area (Å²) < 4.78 is 7.40. The number of thiazole rings is 1. The second-order valence-electron chi connectivity index (χ2n) is 6.63. The van der Waals surface area contributed by atoms with E-state index in [4.69, 9.17) is 4.74 Å². The number of aromatic nitrogens is 4. The molecule has 148 valence electrons. The van der Waals surface area contributed by atoms with E-state index in [1.54, 1.807) is 13.3 Å². The number of methoxy groups -OCH3 is 1. The van der Waals surface area contributed by atoms with Gasteiger partial charge >= 0.3 is 0 Å². The molecule has 2 heterocycles. The highest BCUT2D eigenvalue weighted by molar-refractivity contribution is 8.00. The normalized spacial score (nSPS) is 12.2. The molecule has 0 aliphatic heterocycles. The van der Waals surface area contributed by atoms with Gasteiger partial charge in [-0.2, -0.15) is 0 Å². The monoisotopic (exact) mass is 417 g/mol. The van der Waals surface area contributed by atoms with Crippen LogP contribution in [0.5, 0.6) is 5.75 Å². The van der Waals surface area contributed by atoms with E-state index in [2.05, 4.69) is 38.9 Å². The molecule has 28 heavy (non-hydrogen) atoms. The van der Waals surface area contributed by atoms with Crippen molar-refractivity contribution >= 4 is 34.1 Å². The van der Waals surface area contributed by atoms with Crippen LogP contribution in [0, 0.1) is 5.92 Å². The van der Waals surface area contributed by atoms with Crippen LogP contribution in [-0.2, 0) is 11.3 Å². The Morgan fingerprint density at radius 2 is 2.14 bits per heavy atom. The van der Waals surface area contributed by atoms with E-state index in [1.165, 1.54) is 23.1 Å².